The highest BCUT2D eigenvalue weighted by Crippen LogP contribution is 2.38. The Morgan fingerprint density at radius 2 is 1.94 bits per heavy atom. The summed E-state index contributed by atoms with van der Waals surface area (Å²) in [5, 5.41) is 14.4. The molecule has 2 heterocycles. The van der Waals surface area contributed by atoms with Gasteiger partial charge in [0.05, 0.1) is 25.3 Å². The smallest absolute Gasteiger partial charge is 0.409 e. The standard InChI is InChI=1S/C36H52ClN3O10S2/c1-21-12-11-13-28(47-9)36(45)20-27(48-34(44)38-36)23(3)50-35(4,5)29(49-33(43)22(2)39(6)30(41)14-15-52-51-10)19-31(42)40(7)25-17-24(16-21)18-26(46-8)32(25)37/h11-13,17-18,22-23,27-29,45H,14-16,19-20H2,1-10H3,(H,38,44)/b13-11+,21-12+/t22-,23-,27?,28-,29+,36+/m1/s1. The molecule has 4 bridgehead atoms. The van der Waals surface area contributed by atoms with Gasteiger partial charge in [0.15, 0.2) is 5.72 Å². The summed E-state index contributed by atoms with van der Waals surface area (Å²) in [6.45, 7) is 8.43. The van der Waals surface area contributed by atoms with Gasteiger partial charge in [0.2, 0.25) is 11.8 Å². The van der Waals surface area contributed by atoms with Crippen LogP contribution < -0.4 is 15.0 Å². The number of carbonyl (C=O) groups excluding carboxylic acids is 4. The van der Waals surface area contributed by atoms with Gasteiger partial charge in [0.1, 0.15) is 40.7 Å². The number of nitrogens with one attached hydrogen (secondary N) is 1. The van der Waals surface area contributed by atoms with Crippen LogP contribution in [0.4, 0.5) is 10.5 Å². The molecule has 16 heteroatoms. The zero-order chi connectivity index (χ0) is 39.0. The van der Waals surface area contributed by atoms with Crippen molar-refractivity contribution in [3.05, 3.63) is 46.5 Å². The third kappa shape index (κ3) is 11.0. The number of hydrogen-bond acceptors (Lipinski definition) is 12. The Morgan fingerprint density at radius 3 is 2.58 bits per heavy atom. The summed E-state index contributed by atoms with van der Waals surface area (Å²) in [6, 6.07) is 2.60. The van der Waals surface area contributed by atoms with E-state index in [0.29, 0.717) is 23.6 Å². The molecule has 1 fully saturated rings. The lowest BCUT2D eigenvalue weighted by atomic mass is 9.93. The number of likely N-dealkylation sites (N-methyl/N-ethyl adjacent to an activating group) is 1. The first kappa shape index (κ1) is 43.5. The number of aliphatic hydroxyl groups is 1. The van der Waals surface area contributed by atoms with Crippen LogP contribution >= 0.6 is 33.2 Å². The molecule has 2 aliphatic heterocycles. The largest absolute Gasteiger partial charge is 0.495 e. The van der Waals surface area contributed by atoms with Crippen LogP contribution in [0.15, 0.2) is 35.9 Å². The molecule has 0 radical (unpaired) electrons. The minimum Gasteiger partial charge on any atom is -0.495 e. The van der Waals surface area contributed by atoms with Crippen LogP contribution in [0, 0.1) is 0 Å². The van der Waals surface area contributed by atoms with Gasteiger partial charge in [-0.1, -0.05) is 57.0 Å². The normalized spacial score (nSPS) is 27.7. The van der Waals surface area contributed by atoms with Crippen LogP contribution in [-0.4, -0.2) is 116 Å². The highest BCUT2D eigenvalue weighted by molar-refractivity contribution is 8.76. The molecule has 1 aromatic rings. The van der Waals surface area contributed by atoms with E-state index >= 15 is 0 Å². The number of methoxy groups -OCH3 is 2. The Hall–Kier alpha value is -2.95. The molecule has 0 spiro atoms. The monoisotopic (exact) mass is 785 g/mol. The average molecular weight is 786 g/mol. The summed E-state index contributed by atoms with van der Waals surface area (Å²) < 4.78 is 29.2. The highest BCUT2D eigenvalue weighted by Gasteiger charge is 2.48. The zero-order valence-electron chi connectivity index (χ0n) is 31.5. The van der Waals surface area contributed by atoms with Gasteiger partial charge in [0, 0.05) is 39.8 Å². The molecule has 1 unspecified atom stereocenters. The number of hydrogen-bond donors (Lipinski definition) is 2. The fraction of sp³-hybridized carbons (Fsp3) is 0.611. The first-order valence-electron chi connectivity index (χ1n) is 16.9. The van der Waals surface area contributed by atoms with Crippen molar-refractivity contribution in [3.63, 3.8) is 0 Å². The topological polar surface area (TPSA) is 153 Å². The fourth-order valence-corrected chi connectivity index (χ4v) is 7.44. The molecule has 13 nitrogen and oxygen atoms in total. The number of allylic oxidation sites excluding steroid dienone is 3. The molecule has 52 heavy (non-hydrogen) atoms. The van der Waals surface area contributed by atoms with E-state index in [1.54, 1.807) is 69.8 Å². The maximum atomic E-state index is 14.1. The number of fused-ring (bicyclic) bond motifs is 4. The number of carbonyl (C=O) groups is 4. The number of amides is 3. The molecule has 1 aromatic carbocycles. The first-order chi connectivity index (χ1) is 24.4. The number of rotatable bonds is 9. The summed E-state index contributed by atoms with van der Waals surface area (Å²) in [5.41, 5.74) is -1.12. The van der Waals surface area contributed by atoms with Gasteiger partial charge in [-0.25, -0.2) is 9.59 Å². The first-order valence-corrected chi connectivity index (χ1v) is 20.0. The molecule has 0 saturated carbocycles. The van der Waals surface area contributed by atoms with Crippen molar-refractivity contribution in [3.8, 4) is 5.75 Å². The molecule has 6 atom stereocenters. The highest BCUT2D eigenvalue weighted by atomic mass is 35.5. The zero-order valence-corrected chi connectivity index (χ0v) is 33.9. The van der Waals surface area contributed by atoms with Crippen LogP contribution in [0.3, 0.4) is 0 Å². The molecule has 3 rings (SSSR count). The maximum Gasteiger partial charge on any atom is 0.409 e. The molecule has 3 amide bonds. The lowest BCUT2D eigenvalue weighted by molar-refractivity contribution is -0.203. The van der Waals surface area contributed by atoms with Gasteiger partial charge in [-0.2, -0.15) is 0 Å². The van der Waals surface area contributed by atoms with Crippen molar-refractivity contribution >= 4 is 62.8 Å². The summed E-state index contributed by atoms with van der Waals surface area (Å²) in [6.07, 6.45) is 2.51. The van der Waals surface area contributed by atoms with E-state index in [-0.39, 0.29) is 30.2 Å². The second-order valence-corrected chi connectivity index (χ2v) is 16.5. The summed E-state index contributed by atoms with van der Waals surface area (Å²) >= 11 is 6.74. The Bertz CT molecular complexity index is 1520. The van der Waals surface area contributed by atoms with Crippen molar-refractivity contribution < 1.29 is 48.0 Å². The van der Waals surface area contributed by atoms with E-state index in [1.807, 2.05) is 19.3 Å². The van der Waals surface area contributed by atoms with Crippen molar-refractivity contribution in [2.45, 2.75) is 102 Å². The molecule has 0 aromatic heterocycles. The number of ether oxygens (including phenoxy) is 5. The van der Waals surface area contributed by atoms with Crippen LogP contribution in [0.25, 0.3) is 0 Å². The summed E-state index contributed by atoms with van der Waals surface area (Å²) in [4.78, 5) is 56.1. The summed E-state index contributed by atoms with van der Waals surface area (Å²) in [5.74, 6) is -0.475. The second-order valence-electron chi connectivity index (χ2n) is 13.5. The van der Waals surface area contributed by atoms with Gasteiger partial charge in [0.25, 0.3) is 0 Å². The van der Waals surface area contributed by atoms with Crippen LogP contribution in [0.5, 0.6) is 5.75 Å². The molecule has 2 N–H and O–H groups in total. The number of halogens is 1. The molecule has 1 saturated heterocycles. The maximum absolute atomic E-state index is 14.1. The number of anilines is 1. The lowest BCUT2D eigenvalue weighted by Crippen LogP contribution is -2.64. The molecule has 290 valence electrons. The number of alkyl carbamates (subject to hydrolysis) is 1. The minimum absolute atomic E-state index is 0.115. The van der Waals surface area contributed by atoms with E-state index in [9.17, 15) is 24.3 Å². The number of nitrogens with zero attached hydrogens (tertiary/aromatic N) is 2. The predicted octanol–water partition coefficient (Wildman–Crippen LogP) is 5.31. The van der Waals surface area contributed by atoms with Gasteiger partial charge in [-0.3, -0.25) is 14.9 Å². The van der Waals surface area contributed by atoms with Crippen LogP contribution in [0.2, 0.25) is 5.02 Å². The van der Waals surface area contributed by atoms with Gasteiger partial charge in [-0.05, 0) is 65.0 Å². The van der Waals surface area contributed by atoms with Crippen molar-refractivity contribution in [2.75, 3.05) is 45.2 Å². The Balaban J connectivity index is 2.09. The summed E-state index contributed by atoms with van der Waals surface area (Å²) in [7, 11) is 9.09. The van der Waals surface area contributed by atoms with Crippen molar-refractivity contribution in [1.29, 1.82) is 0 Å². The Morgan fingerprint density at radius 1 is 1.25 bits per heavy atom. The number of benzene rings is 1. The Kier molecular flexibility index (Phi) is 15.8. The second kappa shape index (κ2) is 18.9. The van der Waals surface area contributed by atoms with E-state index in [2.05, 4.69) is 5.32 Å². The van der Waals surface area contributed by atoms with Crippen LogP contribution in [0.1, 0.15) is 59.4 Å². The fourth-order valence-electron chi connectivity index (χ4n) is 5.95. The lowest BCUT2D eigenvalue weighted by Gasteiger charge is -2.44. The average Bonchev–Trinajstić information content (AvgIpc) is 3.08. The predicted molar refractivity (Wildman–Crippen MR) is 204 cm³/mol. The third-order valence-electron chi connectivity index (χ3n) is 9.24. The van der Waals surface area contributed by atoms with E-state index < -0.39 is 59.8 Å². The SMILES string of the molecule is COc1cc2cc(c1Cl)N(C)C(=O)C[C@H](OC(=O)[C@@H](C)N(C)C(=O)CCSSC)C(C)(C)O[C@H](C)C1C[C@@](O)(NC(=O)O1)[C@H](OC)/C=C/C=C(\C)C2. The molecule has 0 aliphatic carbocycles. The quantitative estimate of drug-likeness (QED) is 0.190. The van der Waals surface area contributed by atoms with Gasteiger partial charge < -0.3 is 38.6 Å². The molecular weight excluding hydrogens is 734 g/mol. The van der Waals surface area contributed by atoms with Gasteiger partial charge >= 0.3 is 12.1 Å². The minimum atomic E-state index is -1.86. The van der Waals surface area contributed by atoms with E-state index in [1.165, 1.54) is 41.9 Å². The molecular formula is C36H52ClN3O10S2. The Labute approximate surface area is 319 Å². The van der Waals surface area contributed by atoms with Crippen molar-refractivity contribution in [1.82, 2.24) is 10.2 Å². The molecule has 2 aliphatic rings. The number of esters is 1. The van der Waals surface area contributed by atoms with E-state index in [4.69, 9.17) is 35.3 Å². The van der Waals surface area contributed by atoms with Gasteiger partial charge in [-0.15, -0.1) is 0 Å². The van der Waals surface area contributed by atoms with Crippen LogP contribution in [-0.2, 0) is 39.8 Å². The third-order valence-corrected chi connectivity index (χ3v) is 11.4. The van der Waals surface area contributed by atoms with E-state index in [0.717, 1.165) is 11.1 Å². The van der Waals surface area contributed by atoms with Crippen molar-refractivity contribution in [2.24, 2.45) is 0 Å².